The summed E-state index contributed by atoms with van der Waals surface area (Å²) in [6.45, 7) is 0.454. The molecular formula is C19H16N2O4S. The summed E-state index contributed by atoms with van der Waals surface area (Å²) < 4.78 is 11.6. The van der Waals surface area contributed by atoms with E-state index in [-0.39, 0.29) is 12.5 Å². The van der Waals surface area contributed by atoms with Crippen LogP contribution >= 0.6 is 11.3 Å². The van der Waals surface area contributed by atoms with Crippen molar-refractivity contribution < 1.29 is 13.6 Å². The van der Waals surface area contributed by atoms with Crippen LogP contribution in [0.5, 0.6) is 0 Å². The van der Waals surface area contributed by atoms with Crippen molar-refractivity contribution in [3.63, 3.8) is 0 Å². The maximum absolute atomic E-state index is 12.2. The maximum Gasteiger partial charge on any atom is 0.420 e. The summed E-state index contributed by atoms with van der Waals surface area (Å²) in [6.07, 6.45) is 4.09. The van der Waals surface area contributed by atoms with E-state index in [9.17, 15) is 9.59 Å². The summed E-state index contributed by atoms with van der Waals surface area (Å²) in [7, 11) is 0. The second-order valence-corrected chi connectivity index (χ2v) is 6.97. The number of hydrogen-bond donors (Lipinski definition) is 1. The third-order valence-electron chi connectivity index (χ3n) is 4.04. The first-order chi connectivity index (χ1) is 12.7. The predicted molar refractivity (Wildman–Crippen MR) is 99.2 cm³/mol. The van der Waals surface area contributed by atoms with E-state index >= 15 is 0 Å². The minimum absolute atomic E-state index is 0.0550. The van der Waals surface area contributed by atoms with Gasteiger partial charge in [-0.15, -0.1) is 11.3 Å². The van der Waals surface area contributed by atoms with E-state index in [4.69, 9.17) is 8.83 Å². The van der Waals surface area contributed by atoms with E-state index in [0.29, 0.717) is 17.6 Å². The van der Waals surface area contributed by atoms with Crippen molar-refractivity contribution in [1.82, 2.24) is 9.88 Å². The van der Waals surface area contributed by atoms with Gasteiger partial charge >= 0.3 is 5.76 Å². The molecule has 0 radical (unpaired) electrons. The zero-order chi connectivity index (χ0) is 17.9. The Morgan fingerprint density at radius 2 is 2.04 bits per heavy atom. The number of oxazole rings is 1. The van der Waals surface area contributed by atoms with Crippen molar-refractivity contribution in [3.05, 3.63) is 70.4 Å². The van der Waals surface area contributed by atoms with Crippen molar-refractivity contribution >= 4 is 28.3 Å². The van der Waals surface area contributed by atoms with Gasteiger partial charge in [0.1, 0.15) is 6.54 Å². The highest BCUT2D eigenvalue weighted by Gasteiger charge is 2.12. The SMILES string of the molecule is O=C(Cn1c(=O)oc2ccccc21)NCCc1ccc(-c2ccoc2)s1. The van der Waals surface area contributed by atoms with Crippen molar-refractivity contribution in [2.75, 3.05) is 6.54 Å². The molecule has 26 heavy (non-hydrogen) atoms. The van der Waals surface area contributed by atoms with Gasteiger partial charge in [-0.25, -0.2) is 4.79 Å². The number of rotatable bonds is 6. The molecule has 7 heteroatoms. The normalized spacial score (nSPS) is 11.1. The molecule has 3 heterocycles. The van der Waals surface area contributed by atoms with E-state index < -0.39 is 5.76 Å². The summed E-state index contributed by atoms with van der Waals surface area (Å²) >= 11 is 1.67. The molecule has 0 saturated heterocycles. The summed E-state index contributed by atoms with van der Waals surface area (Å²) in [4.78, 5) is 26.4. The van der Waals surface area contributed by atoms with Crippen LogP contribution in [0.25, 0.3) is 21.5 Å². The molecule has 0 fully saturated rings. The topological polar surface area (TPSA) is 77.4 Å². The van der Waals surface area contributed by atoms with E-state index in [1.165, 1.54) is 9.44 Å². The first-order valence-electron chi connectivity index (χ1n) is 8.17. The number of carbonyl (C=O) groups excluding carboxylic acids is 1. The molecule has 1 aromatic carbocycles. The lowest BCUT2D eigenvalue weighted by Gasteiger charge is -2.05. The van der Waals surface area contributed by atoms with Gasteiger partial charge in [0.15, 0.2) is 5.58 Å². The van der Waals surface area contributed by atoms with Gasteiger partial charge in [-0.3, -0.25) is 9.36 Å². The fourth-order valence-corrected chi connectivity index (χ4v) is 3.75. The van der Waals surface area contributed by atoms with Crippen LogP contribution in [-0.4, -0.2) is 17.0 Å². The number of nitrogens with one attached hydrogen (secondary N) is 1. The molecule has 0 bridgehead atoms. The smallest absolute Gasteiger partial charge is 0.420 e. The van der Waals surface area contributed by atoms with Crippen LogP contribution in [0.1, 0.15) is 4.88 Å². The molecule has 0 saturated carbocycles. The minimum Gasteiger partial charge on any atom is -0.472 e. The predicted octanol–water partition coefficient (Wildman–Crippen LogP) is 3.27. The third-order valence-corrected chi connectivity index (χ3v) is 5.23. The lowest BCUT2D eigenvalue weighted by atomic mass is 10.3. The van der Waals surface area contributed by atoms with Crippen LogP contribution in [0.3, 0.4) is 0 Å². The summed E-state index contributed by atoms with van der Waals surface area (Å²) in [5.41, 5.74) is 2.16. The van der Waals surface area contributed by atoms with Gasteiger partial charge in [-0.05, 0) is 36.8 Å². The number of furan rings is 1. The Morgan fingerprint density at radius 3 is 2.88 bits per heavy atom. The van der Waals surface area contributed by atoms with E-state index in [0.717, 1.165) is 16.9 Å². The van der Waals surface area contributed by atoms with Crippen LogP contribution in [0.15, 0.2) is 68.6 Å². The quantitative estimate of drug-likeness (QED) is 0.567. The van der Waals surface area contributed by atoms with Crippen molar-refractivity contribution in [2.45, 2.75) is 13.0 Å². The summed E-state index contributed by atoms with van der Waals surface area (Å²) in [6, 6.07) is 13.1. The molecule has 0 spiro atoms. The number of aromatic nitrogens is 1. The molecule has 0 aliphatic carbocycles. The number of para-hydroxylation sites is 2. The van der Waals surface area contributed by atoms with Crippen molar-refractivity contribution in [1.29, 1.82) is 0 Å². The Labute approximate surface area is 152 Å². The number of carbonyl (C=O) groups is 1. The number of nitrogens with zero attached hydrogens (tertiary/aromatic N) is 1. The zero-order valence-corrected chi connectivity index (χ0v) is 14.6. The van der Waals surface area contributed by atoms with Crippen LogP contribution < -0.4 is 11.1 Å². The Hall–Kier alpha value is -3.06. The monoisotopic (exact) mass is 368 g/mol. The van der Waals surface area contributed by atoms with Gasteiger partial charge in [-0.1, -0.05) is 12.1 Å². The minimum atomic E-state index is -0.524. The Balaban J connectivity index is 1.34. The molecule has 132 valence electrons. The van der Waals surface area contributed by atoms with E-state index in [1.54, 1.807) is 48.1 Å². The van der Waals surface area contributed by atoms with Crippen LogP contribution in [0, 0.1) is 0 Å². The number of thiophene rings is 1. The number of fused-ring (bicyclic) bond motifs is 1. The molecule has 6 nitrogen and oxygen atoms in total. The fraction of sp³-hybridized carbons (Fsp3) is 0.158. The molecule has 1 amide bonds. The van der Waals surface area contributed by atoms with E-state index in [2.05, 4.69) is 5.32 Å². The van der Waals surface area contributed by atoms with Crippen LogP contribution in [0.2, 0.25) is 0 Å². The van der Waals surface area contributed by atoms with Gasteiger partial charge in [0.25, 0.3) is 0 Å². The van der Waals surface area contributed by atoms with Gasteiger partial charge in [0.2, 0.25) is 5.91 Å². The third kappa shape index (κ3) is 3.34. The number of amides is 1. The molecule has 0 aliphatic rings. The Kier molecular flexibility index (Phi) is 4.45. The highest BCUT2D eigenvalue weighted by Crippen LogP contribution is 2.28. The summed E-state index contributed by atoms with van der Waals surface area (Å²) in [5.74, 6) is -0.741. The molecular weight excluding hydrogens is 352 g/mol. The molecule has 4 aromatic rings. The van der Waals surface area contributed by atoms with Crippen LogP contribution in [0.4, 0.5) is 0 Å². The van der Waals surface area contributed by atoms with Gasteiger partial charge in [0.05, 0.1) is 18.0 Å². The lowest BCUT2D eigenvalue weighted by molar-refractivity contribution is -0.121. The van der Waals surface area contributed by atoms with Crippen molar-refractivity contribution in [2.24, 2.45) is 0 Å². The summed E-state index contributed by atoms with van der Waals surface area (Å²) in [5, 5.41) is 2.85. The maximum atomic E-state index is 12.2. The highest BCUT2D eigenvalue weighted by molar-refractivity contribution is 7.15. The molecule has 0 aliphatic heterocycles. The van der Waals surface area contributed by atoms with Gasteiger partial charge in [0, 0.05) is 21.9 Å². The second-order valence-electron chi connectivity index (χ2n) is 5.80. The van der Waals surface area contributed by atoms with Gasteiger partial charge < -0.3 is 14.2 Å². The zero-order valence-electron chi connectivity index (χ0n) is 13.8. The fourth-order valence-electron chi connectivity index (χ4n) is 2.76. The Bertz CT molecular complexity index is 1090. The number of hydrogen-bond acceptors (Lipinski definition) is 5. The van der Waals surface area contributed by atoms with Crippen LogP contribution in [-0.2, 0) is 17.8 Å². The Morgan fingerprint density at radius 1 is 1.15 bits per heavy atom. The molecule has 0 atom stereocenters. The first kappa shape index (κ1) is 16.4. The molecule has 1 N–H and O–H groups in total. The van der Waals surface area contributed by atoms with Gasteiger partial charge in [-0.2, -0.15) is 0 Å². The molecule has 0 unspecified atom stereocenters. The lowest BCUT2D eigenvalue weighted by Crippen LogP contribution is -2.32. The first-order valence-corrected chi connectivity index (χ1v) is 8.99. The second kappa shape index (κ2) is 7.05. The molecule has 4 rings (SSSR count). The largest absolute Gasteiger partial charge is 0.472 e. The van der Waals surface area contributed by atoms with E-state index in [1.807, 2.05) is 18.2 Å². The highest BCUT2D eigenvalue weighted by atomic mass is 32.1. The standard InChI is InChI=1S/C19H16N2O4S/c22-18(11-21-15-3-1-2-4-16(15)25-19(21)23)20-9-7-14-5-6-17(26-14)13-8-10-24-12-13/h1-6,8,10,12H,7,9,11H2,(H,20,22). The average Bonchev–Trinajstić information content (AvgIpc) is 3.36. The number of benzene rings is 1. The van der Waals surface area contributed by atoms with Crippen molar-refractivity contribution in [3.8, 4) is 10.4 Å². The molecule has 3 aromatic heterocycles. The average molecular weight is 368 g/mol.